The number of benzene rings is 3. The Hall–Kier alpha value is -2.16. The molecule has 1 aliphatic rings. The van der Waals surface area contributed by atoms with Gasteiger partial charge >= 0.3 is 0 Å². The van der Waals surface area contributed by atoms with Gasteiger partial charge in [-0.2, -0.15) is 0 Å². The summed E-state index contributed by atoms with van der Waals surface area (Å²) in [4.78, 5) is 0. The molecular weight excluding hydrogens is 256 g/mol. The average Bonchev–Trinajstić information content (AvgIpc) is 2.52. The Morgan fingerprint density at radius 2 is 1.67 bits per heavy atom. The third kappa shape index (κ3) is 2.04. The van der Waals surface area contributed by atoms with Gasteiger partial charge in [-0.1, -0.05) is 60.7 Å². The van der Waals surface area contributed by atoms with Gasteiger partial charge in [0.25, 0.3) is 0 Å². The van der Waals surface area contributed by atoms with Gasteiger partial charge in [-0.15, -0.1) is 0 Å². The summed E-state index contributed by atoms with van der Waals surface area (Å²) in [5.41, 5.74) is 7.16. The van der Waals surface area contributed by atoms with E-state index in [0.29, 0.717) is 5.92 Å². The summed E-state index contributed by atoms with van der Waals surface area (Å²) in [6.07, 6.45) is 1.10. The van der Waals surface area contributed by atoms with Crippen molar-refractivity contribution in [3.63, 3.8) is 0 Å². The van der Waals surface area contributed by atoms with E-state index in [9.17, 15) is 0 Å². The van der Waals surface area contributed by atoms with Crippen LogP contribution in [0.5, 0.6) is 0 Å². The zero-order valence-electron chi connectivity index (χ0n) is 11.8. The Morgan fingerprint density at radius 1 is 0.905 bits per heavy atom. The summed E-state index contributed by atoms with van der Waals surface area (Å²) in [5, 5.41) is 2.54. The minimum Gasteiger partial charge on any atom is -0.271 e. The molecule has 2 atom stereocenters. The van der Waals surface area contributed by atoms with Crippen molar-refractivity contribution in [2.75, 3.05) is 0 Å². The van der Waals surface area contributed by atoms with Crippen LogP contribution in [0.25, 0.3) is 10.8 Å². The molecule has 0 bridgehead atoms. The number of rotatable bonds is 3. The lowest BCUT2D eigenvalue weighted by Crippen LogP contribution is -2.37. The van der Waals surface area contributed by atoms with Gasteiger partial charge in [0.15, 0.2) is 0 Å². The molecule has 2 nitrogen and oxygen atoms in total. The lowest BCUT2D eigenvalue weighted by atomic mass is 9.72. The topological polar surface area (TPSA) is 38.0 Å². The first-order chi connectivity index (χ1) is 10.4. The van der Waals surface area contributed by atoms with Crippen molar-refractivity contribution in [2.24, 2.45) is 5.84 Å². The second kappa shape index (κ2) is 4.99. The average molecular weight is 274 g/mol. The fourth-order valence-electron chi connectivity index (χ4n) is 3.44. The van der Waals surface area contributed by atoms with Crippen molar-refractivity contribution < 1.29 is 0 Å². The van der Waals surface area contributed by atoms with E-state index in [-0.39, 0.29) is 6.04 Å². The molecule has 2 unspecified atom stereocenters. The third-order valence-electron chi connectivity index (χ3n) is 4.61. The highest BCUT2D eigenvalue weighted by Crippen LogP contribution is 2.43. The molecule has 0 saturated heterocycles. The van der Waals surface area contributed by atoms with Crippen molar-refractivity contribution in [1.29, 1.82) is 0 Å². The highest BCUT2D eigenvalue weighted by Gasteiger charge is 2.33. The molecule has 0 radical (unpaired) electrons. The van der Waals surface area contributed by atoms with E-state index < -0.39 is 0 Å². The zero-order valence-corrected chi connectivity index (χ0v) is 11.8. The Bertz CT molecular complexity index is 794. The van der Waals surface area contributed by atoms with Crippen LogP contribution in [0, 0.1) is 0 Å². The second-order valence-corrected chi connectivity index (χ2v) is 5.76. The summed E-state index contributed by atoms with van der Waals surface area (Å²) < 4.78 is 0. The summed E-state index contributed by atoms with van der Waals surface area (Å²) in [5.74, 6) is 6.33. The monoisotopic (exact) mass is 274 g/mol. The molecule has 21 heavy (non-hydrogen) atoms. The van der Waals surface area contributed by atoms with E-state index in [0.717, 1.165) is 6.42 Å². The molecule has 0 saturated carbocycles. The molecule has 0 aromatic heterocycles. The van der Waals surface area contributed by atoms with Gasteiger partial charge in [0, 0.05) is 5.92 Å². The van der Waals surface area contributed by atoms with Gasteiger partial charge in [0.1, 0.15) is 0 Å². The van der Waals surface area contributed by atoms with Crippen molar-refractivity contribution in [1.82, 2.24) is 5.43 Å². The van der Waals surface area contributed by atoms with Crippen molar-refractivity contribution in [2.45, 2.75) is 18.4 Å². The van der Waals surface area contributed by atoms with Gasteiger partial charge in [0.05, 0.1) is 6.04 Å². The van der Waals surface area contributed by atoms with Gasteiger partial charge in [0.2, 0.25) is 0 Å². The molecular formula is C19H18N2. The first kappa shape index (κ1) is 12.6. The molecule has 0 aliphatic heterocycles. The number of nitrogens with two attached hydrogens (primary N) is 1. The summed E-state index contributed by atoms with van der Waals surface area (Å²) in [6.45, 7) is 0. The lowest BCUT2D eigenvalue weighted by Gasteiger charge is -2.36. The Balaban J connectivity index is 1.72. The van der Waals surface area contributed by atoms with E-state index in [2.05, 4.69) is 72.2 Å². The van der Waals surface area contributed by atoms with Crippen molar-refractivity contribution >= 4 is 10.8 Å². The van der Waals surface area contributed by atoms with Crippen LogP contribution in [0.2, 0.25) is 0 Å². The first-order valence-corrected chi connectivity index (χ1v) is 7.39. The fraction of sp³-hybridized carbons (Fsp3) is 0.158. The van der Waals surface area contributed by atoms with Gasteiger partial charge in [-0.25, -0.2) is 0 Å². The molecule has 3 N–H and O–H groups in total. The van der Waals surface area contributed by atoms with Crippen LogP contribution >= 0.6 is 0 Å². The normalized spacial score (nSPS) is 18.0. The Labute approximate surface area is 124 Å². The van der Waals surface area contributed by atoms with E-state index in [1.807, 2.05) is 0 Å². The van der Waals surface area contributed by atoms with Gasteiger partial charge in [-0.3, -0.25) is 11.3 Å². The third-order valence-corrected chi connectivity index (χ3v) is 4.61. The minimum absolute atomic E-state index is 0.171. The highest BCUT2D eigenvalue weighted by atomic mass is 15.2. The maximum absolute atomic E-state index is 5.87. The first-order valence-electron chi connectivity index (χ1n) is 7.39. The van der Waals surface area contributed by atoms with E-state index in [1.165, 1.54) is 27.5 Å². The van der Waals surface area contributed by atoms with Gasteiger partial charge < -0.3 is 0 Å². The van der Waals surface area contributed by atoms with E-state index in [4.69, 9.17) is 5.84 Å². The molecule has 0 amide bonds. The quantitative estimate of drug-likeness (QED) is 0.565. The van der Waals surface area contributed by atoms with E-state index in [1.54, 1.807) is 0 Å². The summed E-state index contributed by atoms with van der Waals surface area (Å²) in [6, 6.07) is 23.9. The van der Waals surface area contributed by atoms with Crippen LogP contribution in [-0.4, -0.2) is 0 Å². The van der Waals surface area contributed by atoms with Crippen LogP contribution < -0.4 is 11.3 Å². The molecule has 3 aromatic carbocycles. The number of hydrazine groups is 1. The number of hydrogen-bond acceptors (Lipinski definition) is 2. The largest absolute Gasteiger partial charge is 0.271 e. The minimum atomic E-state index is 0.171. The summed E-state index contributed by atoms with van der Waals surface area (Å²) in [7, 11) is 0. The standard InChI is InChI=1S/C19H18N2/c20-21-19(18-12-15-7-3-4-8-17(15)18)16-10-9-13-5-1-2-6-14(13)11-16/h1-11,18-19,21H,12,20H2. The Morgan fingerprint density at radius 3 is 2.48 bits per heavy atom. The number of nitrogens with one attached hydrogen (secondary N) is 1. The molecule has 0 spiro atoms. The van der Waals surface area contributed by atoms with Crippen LogP contribution in [0.4, 0.5) is 0 Å². The molecule has 2 heteroatoms. The maximum Gasteiger partial charge on any atom is 0.0532 e. The fourth-order valence-corrected chi connectivity index (χ4v) is 3.44. The van der Waals surface area contributed by atoms with Gasteiger partial charge in [-0.05, 0) is 39.9 Å². The molecule has 1 aliphatic carbocycles. The molecule has 0 heterocycles. The lowest BCUT2D eigenvalue weighted by molar-refractivity contribution is 0.419. The van der Waals surface area contributed by atoms with Crippen LogP contribution in [0.1, 0.15) is 28.7 Å². The zero-order chi connectivity index (χ0) is 14.2. The van der Waals surface area contributed by atoms with Crippen molar-refractivity contribution in [3.8, 4) is 0 Å². The van der Waals surface area contributed by atoms with Crippen LogP contribution in [-0.2, 0) is 6.42 Å². The molecule has 0 fully saturated rings. The maximum atomic E-state index is 5.87. The van der Waals surface area contributed by atoms with Crippen LogP contribution in [0.3, 0.4) is 0 Å². The smallest absolute Gasteiger partial charge is 0.0532 e. The predicted octanol–water partition coefficient (Wildman–Crippen LogP) is 3.68. The molecule has 4 rings (SSSR count). The highest BCUT2D eigenvalue weighted by molar-refractivity contribution is 5.83. The molecule has 104 valence electrons. The summed E-state index contributed by atoms with van der Waals surface area (Å²) >= 11 is 0. The Kier molecular flexibility index (Phi) is 2.99. The number of hydrogen-bond donors (Lipinski definition) is 2. The SMILES string of the molecule is NNC(c1ccc2ccccc2c1)C1Cc2ccccc21. The predicted molar refractivity (Wildman–Crippen MR) is 86.9 cm³/mol. The second-order valence-electron chi connectivity index (χ2n) is 5.76. The van der Waals surface area contributed by atoms with Crippen molar-refractivity contribution in [3.05, 3.63) is 83.4 Å². The molecule has 3 aromatic rings. The van der Waals surface area contributed by atoms with Crippen LogP contribution in [0.15, 0.2) is 66.7 Å². The van der Waals surface area contributed by atoms with E-state index >= 15 is 0 Å². The number of fused-ring (bicyclic) bond motifs is 2.